The average Bonchev–Trinajstić information content (AvgIpc) is 2.59. The summed E-state index contributed by atoms with van der Waals surface area (Å²) in [6.45, 7) is 2.10. The zero-order valence-corrected chi connectivity index (χ0v) is 10.9. The number of carboxylic acid groups (broad SMARTS) is 1. The van der Waals surface area contributed by atoms with E-state index in [1.54, 1.807) is 0 Å². The van der Waals surface area contributed by atoms with Gasteiger partial charge in [-0.15, -0.1) is 0 Å². The molecule has 0 aliphatic carbocycles. The van der Waals surface area contributed by atoms with Gasteiger partial charge in [0.15, 0.2) is 3.77 Å². The highest BCUT2D eigenvalue weighted by atomic mass is 127. The van der Waals surface area contributed by atoms with Gasteiger partial charge in [0.1, 0.15) is 5.76 Å². The van der Waals surface area contributed by atoms with E-state index in [4.69, 9.17) is 9.52 Å². The summed E-state index contributed by atoms with van der Waals surface area (Å²) in [6.07, 6.45) is 2.83. The van der Waals surface area contributed by atoms with Crippen molar-refractivity contribution in [3.8, 4) is 0 Å². The molecule has 0 spiro atoms. The van der Waals surface area contributed by atoms with Crippen molar-refractivity contribution >= 4 is 28.6 Å². The largest absolute Gasteiger partial charge is 0.481 e. The Morgan fingerprint density at radius 2 is 2.33 bits per heavy atom. The molecule has 3 nitrogen and oxygen atoms in total. The van der Waals surface area contributed by atoms with Crippen molar-refractivity contribution in [2.24, 2.45) is 0 Å². The molecule has 15 heavy (non-hydrogen) atoms. The van der Waals surface area contributed by atoms with Crippen molar-refractivity contribution in [2.75, 3.05) is 0 Å². The van der Waals surface area contributed by atoms with E-state index in [9.17, 15) is 4.79 Å². The minimum atomic E-state index is -0.723. The third kappa shape index (κ3) is 4.24. The van der Waals surface area contributed by atoms with Crippen LogP contribution in [0.15, 0.2) is 16.5 Å². The lowest BCUT2D eigenvalue weighted by atomic mass is 9.97. The maximum Gasteiger partial charge on any atom is 0.303 e. The fourth-order valence-corrected chi connectivity index (χ4v) is 2.03. The summed E-state index contributed by atoms with van der Waals surface area (Å²) in [5, 5.41) is 8.55. The number of halogens is 1. The molecule has 1 aromatic heterocycles. The molecular weight excluding hydrogens is 307 g/mol. The molecule has 0 saturated carbocycles. The molecule has 0 fully saturated rings. The predicted octanol–water partition coefficient (Wildman–Crippen LogP) is 3.63. The lowest BCUT2D eigenvalue weighted by molar-refractivity contribution is -0.137. The predicted molar refractivity (Wildman–Crippen MR) is 65.9 cm³/mol. The van der Waals surface area contributed by atoms with Crippen molar-refractivity contribution in [1.29, 1.82) is 0 Å². The Morgan fingerprint density at radius 1 is 1.60 bits per heavy atom. The molecule has 0 amide bonds. The smallest absolute Gasteiger partial charge is 0.303 e. The van der Waals surface area contributed by atoms with E-state index in [1.165, 1.54) is 0 Å². The van der Waals surface area contributed by atoms with Crippen LogP contribution < -0.4 is 0 Å². The molecule has 0 aliphatic rings. The fourth-order valence-electron chi connectivity index (χ4n) is 1.59. The Morgan fingerprint density at radius 3 is 2.80 bits per heavy atom. The van der Waals surface area contributed by atoms with Crippen molar-refractivity contribution in [3.05, 3.63) is 21.7 Å². The first-order valence-corrected chi connectivity index (χ1v) is 6.18. The quantitative estimate of drug-likeness (QED) is 0.814. The normalized spacial score (nSPS) is 12.7. The van der Waals surface area contributed by atoms with Crippen molar-refractivity contribution in [2.45, 2.75) is 38.5 Å². The second kappa shape index (κ2) is 6.15. The molecule has 1 heterocycles. The Kier molecular flexibility index (Phi) is 5.14. The Hall–Kier alpha value is -0.520. The van der Waals surface area contributed by atoms with Crippen LogP contribution in [0.3, 0.4) is 0 Å². The number of hydrogen-bond donors (Lipinski definition) is 1. The number of carbonyl (C=O) groups is 1. The number of furan rings is 1. The van der Waals surface area contributed by atoms with Gasteiger partial charge in [0.05, 0.1) is 0 Å². The van der Waals surface area contributed by atoms with E-state index in [0.717, 1.165) is 22.4 Å². The van der Waals surface area contributed by atoms with Crippen LogP contribution in [-0.2, 0) is 4.79 Å². The molecule has 1 atom stereocenters. The summed E-state index contributed by atoms with van der Waals surface area (Å²) in [7, 11) is 0. The van der Waals surface area contributed by atoms with Crippen LogP contribution in [0.5, 0.6) is 0 Å². The van der Waals surface area contributed by atoms with E-state index in [0.29, 0.717) is 12.3 Å². The molecule has 1 aromatic rings. The summed E-state index contributed by atoms with van der Waals surface area (Å²) in [4.78, 5) is 10.4. The molecule has 1 rings (SSSR count). The van der Waals surface area contributed by atoms with Gasteiger partial charge in [0, 0.05) is 12.3 Å². The van der Waals surface area contributed by atoms with Crippen molar-refractivity contribution in [3.63, 3.8) is 0 Å². The number of hydrogen-bond acceptors (Lipinski definition) is 2. The van der Waals surface area contributed by atoms with Crippen LogP contribution in [0.4, 0.5) is 0 Å². The molecule has 1 unspecified atom stereocenters. The van der Waals surface area contributed by atoms with E-state index in [1.807, 2.05) is 12.1 Å². The fraction of sp³-hybridized carbons (Fsp3) is 0.545. The first-order chi connectivity index (χ1) is 7.13. The highest BCUT2D eigenvalue weighted by Crippen LogP contribution is 2.27. The van der Waals surface area contributed by atoms with E-state index in [-0.39, 0.29) is 6.42 Å². The summed E-state index contributed by atoms with van der Waals surface area (Å²) >= 11 is 2.14. The Bertz CT molecular complexity index is 319. The van der Waals surface area contributed by atoms with Gasteiger partial charge in [0.2, 0.25) is 0 Å². The highest BCUT2D eigenvalue weighted by molar-refractivity contribution is 14.1. The van der Waals surface area contributed by atoms with Gasteiger partial charge in [0.25, 0.3) is 0 Å². The Labute approximate surface area is 103 Å². The molecule has 84 valence electrons. The number of aliphatic carboxylic acids is 1. The van der Waals surface area contributed by atoms with Crippen LogP contribution in [0.1, 0.15) is 44.3 Å². The lowest BCUT2D eigenvalue weighted by Crippen LogP contribution is -1.99. The van der Waals surface area contributed by atoms with Gasteiger partial charge in [-0.25, -0.2) is 0 Å². The second-order valence-corrected chi connectivity index (χ2v) is 4.60. The average molecular weight is 322 g/mol. The van der Waals surface area contributed by atoms with Gasteiger partial charge in [-0.2, -0.15) is 0 Å². The van der Waals surface area contributed by atoms with Crippen molar-refractivity contribution < 1.29 is 14.3 Å². The maximum absolute atomic E-state index is 10.4. The molecule has 0 aromatic carbocycles. The maximum atomic E-state index is 10.4. The highest BCUT2D eigenvalue weighted by Gasteiger charge is 2.13. The van der Waals surface area contributed by atoms with Gasteiger partial charge >= 0.3 is 5.97 Å². The van der Waals surface area contributed by atoms with Crippen molar-refractivity contribution in [1.82, 2.24) is 0 Å². The SMILES string of the molecule is CCC(CCCC(=O)O)c1ccc(I)o1. The van der Waals surface area contributed by atoms with E-state index < -0.39 is 5.97 Å². The Balaban J connectivity index is 2.45. The second-order valence-electron chi connectivity index (χ2n) is 3.53. The molecule has 4 heteroatoms. The standard InChI is InChI=1S/C11H15IO3/c1-2-8(4-3-5-11(13)14)9-6-7-10(12)15-9/h6-8H,2-5H2,1H3,(H,13,14). The van der Waals surface area contributed by atoms with E-state index >= 15 is 0 Å². The van der Waals surface area contributed by atoms with Gasteiger partial charge < -0.3 is 9.52 Å². The molecule has 0 aliphatic heterocycles. The molecule has 0 bridgehead atoms. The van der Waals surface area contributed by atoms with Crippen LogP contribution in [-0.4, -0.2) is 11.1 Å². The minimum absolute atomic E-state index is 0.244. The van der Waals surface area contributed by atoms with Crippen LogP contribution >= 0.6 is 22.6 Å². The number of rotatable bonds is 6. The summed E-state index contributed by atoms with van der Waals surface area (Å²) < 4.78 is 6.42. The summed E-state index contributed by atoms with van der Waals surface area (Å²) in [5.41, 5.74) is 0. The van der Waals surface area contributed by atoms with Crippen LogP contribution in [0, 0.1) is 3.77 Å². The van der Waals surface area contributed by atoms with Gasteiger partial charge in [-0.3, -0.25) is 4.79 Å². The monoisotopic (exact) mass is 322 g/mol. The third-order valence-corrected chi connectivity index (χ3v) is 3.01. The minimum Gasteiger partial charge on any atom is -0.481 e. The molecular formula is C11H15IO3. The molecule has 0 saturated heterocycles. The van der Waals surface area contributed by atoms with Gasteiger partial charge in [-0.1, -0.05) is 6.92 Å². The lowest BCUT2D eigenvalue weighted by Gasteiger charge is -2.10. The van der Waals surface area contributed by atoms with Crippen LogP contribution in [0.25, 0.3) is 0 Å². The molecule has 1 N–H and O–H groups in total. The first-order valence-electron chi connectivity index (χ1n) is 5.10. The van der Waals surface area contributed by atoms with Gasteiger partial charge in [-0.05, 0) is 54.0 Å². The third-order valence-electron chi connectivity index (χ3n) is 2.43. The first kappa shape index (κ1) is 12.5. The zero-order valence-electron chi connectivity index (χ0n) is 8.70. The molecule has 0 radical (unpaired) electrons. The topological polar surface area (TPSA) is 50.4 Å². The summed E-state index contributed by atoms with van der Waals surface area (Å²) in [5.74, 6) is 0.610. The summed E-state index contributed by atoms with van der Waals surface area (Å²) in [6, 6.07) is 3.92. The van der Waals surface area contributed by atoms with E-state index in [2.05, 4.69) is 29.5 Å². The number of carboxylic acids is 1. The van der Waals surface area contributed by atoms with Crippen LogP contribution in [0.2, 0.25) is 0 Å². The zero-order chi connectivity index (χ0) is 11.3.